The van der Waals surface area contributed by atoms with Crippen molar-refractivity contribution in [3.05, 3.63) is 71.1 Å². The minimum Gasteiger partial charge on any atom is -0.545 e. The fourth-order valence-electron chi connectivity index (χ4n) is 6.08. The molecule has 0 atom stereocenters. The predicted octanol–water partition coefficient (Wildman–Crippen LogP) is 4.52. The first-order chi connectivity index (χ1) is 23.0. The third-order valence-corrected chi connectivity index (χ3v) is 9.25. The monoisotopic (exact) mass is 659 g/mol. The number of carbonyl (C=O) groups excluding carboxylic acids is 2. The summed E-state index contributed by atoms with van der Waals surface area (Å²) in [5.74, 6) is -0.268. The number of amides is 1. The summed E-state index contributed by atoms with van der Waals surface area (Å²) >= 11 is 5.70. The van der Waals surface area contributed by atoms with Crippen molar-refractivity contribution >= 4 is 40.1 Å². The number of hydrogen-bond acceptors (Lipinski definition) is 7. The predicted molar refractivity (Wildman–Crippen MR) is 182 cm³/mol. The lowest BCUT2D eigenvalue weighted by molar-refractivity contribution is -0.254. The number of ether oxygens (including phenoxy) is 2. The normalized spacial score (nSPS) is 14.3. The number of unbranched alkanes of at least 4 members (excludes halogenated alkanes) is 3. The van der Waals surface area contributed by atoms with Gasteiger partial charge in [-0.1, -0.05) is 18.9 Å². The Hall–Kier alpha value is -3.92. The molecule has 10 heteroatoms. The Morgan fingerprint density at radius 1 is 0.872 bits per heavy atom. The molecule has 2 aromatic rings. The SMILES string of the molecule is O=C(NCCOCCOCCCCCCCl)c1ccc(C(=O)[O-])c(-c2c3ccc(=[N+]4CCC4)cc-3oc3cc(N4CCC4)ccc23)c1. The van der Waals surface area contributed by atoms with Crippen molar-refractivity contribution in [1.29, 1.82) is 0 Å². The van der Waals surface area contributed by atoms with E-state index in [-0.39, 0.29) is 11.5 Å². The first-order valence-electron chi connectivity index (χ1n) is 16.7. The number of alkyl halides is 1. The molecule has 2 aromatic carbocycles. The first kappa shape index (κ1) is 33.0. The van der Waals surface area contributed by atoms with E-state index in [0.717, 1.165) is 86.7 Å². The second-order valence-corrected chi connectivity index (χ2v) is 12.5. The molecule has 1 N–H and O–H groups in total. The Bertz CT molecular complexity index is 1760. The third-order valence-electron chi connectivity index (χ3n) is 8.98. The van der Waals surface area contributed by atoms with Crippen LogP contribution in [0.25, 0.3) is 33.4 Å². The number of halogens is 1. The molecule has 0 bridgehead atoms. The number of nitrogens with one attached hydrogen (secondary N) is 1. The van der Waals surface area contributed by atoms with E-state index in [0.29, 0.717) is 66.9 Å². The van der Waals surface area contributed by atoms with E-state index in [2.05, 4.69) is 14.8 Å². The van der Waals surface area contributed by atoms with Crippen molar-refractivity contribution < 1.29 is 28.6 Å². The molecule has 1 aliphatic carbocycles. The van der Waals surface area contributed by atoms with Gasteiger partial charge in [0, 0.05) is 77.6 Å². The molecule has 6 rings (SSSR count). The van der Waals surface area contributed by atoms with Gasteiger partial charge in [0.25, 0.3) is 5.91 Å². The number of carboxylic acid groups (broad SMARTS) is 1. The highest BCUT2D eigenvalue weighted by Gasteiger charge is 2.24. The Labute approximate surface area is 280 Å². The van der Waals surface area contributed by atoms with Gasteiger partial charge in [-0.3, -0.25) is 4.79 Å². The summed E-state index contributed by atoms with van der Waals surface area (Å²) in [6.07, 6.45) is 6.57. The number of hydrogen-bond donors (Lipinski definition) is 1. The quantitative estimate of drug-likeness (QED) is 0.0816. The van der Waals surface area contributed by atoms with E-state index in [1.807, 2.05) is 36.4 Å². The van der Waals surface area contributed by atoms with Gasteiger partial charge in [0.1, 0.15) is 24.4 Å². The minimum atomic E-state index is -1.31. The average molecular weight is 660 g/mol. The van der Waals surface area contributed by atoms with Crippen LogP contribution >= 0.6 is 11.6 Å². The number of carbonyl (C=O) groups is 2. The fraction of sp³-hybridized carbons (Fsp3) is 0.432. The van der Waals surface area contributed by atoms with Crippen molar-refractivity contribution in [2.45, 2.75) is 38.5 Å². The fourth-order valence-corrected chi connectivity index (χ4v) is 6.27. The van der Waals surface area contributed by atoms with Gasteiger partial charge in [0.2, 0.25) is 5.36 Å². The van der Waals surface area contributed by atoms with Crippen LogP contribution in [0.15, 0.2) is 59.0 Å². The molecule has 0 aromatic heterocycles. The van der Waals surface area contributed by atoms with Crippen LogP contribution in [-0.2, 0) is 9.47 Å². The van der Waals surface area contributed by atoms with Crippen LogP contribution in [0.1, 0.15) is 59.2 Å². The smallest absolute Gasteiger partial charge is 0.251 e. The molecule has 2 fully saturated rings. The first-order valence-corrected chi connectivity index (χ1v) is 17.3. The van der Waals surface area contributed by atoms with E-state index in [1.54, 1.807) is 6.07 Å². The Morgan fingerprint density at radius 2 is 1.68 bits per heavy atom. The Kier molecular flexibility index (Phi) is 11.1. The van der Waals surface area contributed by atoms with Crippen LogP contribution in [-0.4, -0.2) is 76.9 Å². The van der Waals surface area contributed by atoms with Crippen LogP contribution in [0.4, 0.5) is 5.69 Å². The molecule has 4 aliphatic rings. The summed E-state index contributed by atoms with van der Waals surface area (Å²) in [5.41, 5.74) is 3.96. The molecule has 3 heterocycles. The number of benzene rings is 3. The maximum atomic E-state index is 13.2. The average Bonchev–Trinajstić information content (AvgIpc) is 3.02. The van der Waals surface area contributed by atoms with Gasteiger partial charge < -0.3 is 34.0 Å². The molecule has 0 radical (unpaired) electrons. The molecule has 9 nitrogen and oxygen atoms in total. The topological polar surface area (TPSA) is 107 Å². The van der Waals surface area contributed by atoms with Crippen molar-refractivity contribution in [2.75, 3.05) is 69.9 Å². The van der Waals surface area contributed by atoms with E-state index in [9.17, 15) is 14.7 Å². The van der Waals surface area contributed by atoms with Crippen LogP contribution in [0.5, 0.6) is 0 Å². The molecular weight excluding hydrogens is 618 g/mol. The number of nitrogens with zero attached hydrogens (tertiary/aromatic N) is 2. The number of aromatic carboxylic acids is 1. The summed E-state index contributed by atoms with van der Waals surface area (Å²) in [7, 11) is 0. The lowest BCUT2D eigenvalue weighted by Gasteiger charge is -2.33. The summed E-state index contributed by atoms with van der Waals surface area (Å²) < 4.78 is 20.0. The highest BCUT2D eigenvalue weighted by molar-refractivity contribution is 6.17. The van der Waals surface area contributed by atoms with Crippen LogP contribution < -0.4 is 25.3 Å². The van der Waals surface area contributed by atoms with Crippen LogP contribution in [0.3, 0.4) is 0 Å². The highest BCUT2D eigenvalue weighted by Crippen LogP contribution is 2.42. The van der Waals surface area contributed by atoms with Crippen LogP contribution in [0.2, 0.25) is 0 Å². The van der Waals surface area contributed by atoms with E-state index < -0.39 is 5.97 Å². The molecule has 0 saturated carbocycles. The summed E-state index contributed by atoms with van der Waals surface area (Å²) in [6.45, 7) is 6.26. The van der Waals surface area contributed by atoms with E-state index >= 15 is 0 Å². The number of fused-ring (bicyclic) bond motifs is 2. The van der Waals surface area contributed by atoms with Gasteiger partial charge in [-0.15, -0.1) is 11.6 Å². The zero-order valence-corrected chi connectivity index (χ0v) is 27.5. The van der Waals surface area contributed by atoms with Crippen molar-refractivity contribution in [3.8, 4) is 22.5 Å². The molecule has 3 aliphatic heterocycles. The molecule has 248 valence electrons. The Morgan fingerprint density at radius 3 is 2.40 bits per heavy atom. The van der Waals surface area contributed by atoms with Crippen molar-refractivity contribution in [3.63, 3.8) is 0 Å². The van der Waals surface area contributed by atoms with Crippen molar-refractivity contribution in [1.82, 2.24) is 9.89 Å². The van der Waals surface area contributed by atoms with Gasteiger partial charge in [-0.25, -0.2) is 4.58 Å². The van der Waals surface area contributed by atoms with Crippen LogP contribution in [0, 0.1) is 0 Å². The zero-order valence-electron chi connectivity index (χ0n) is 26.7. The molecule has 0 spiro atoms. The molecular formula is C37H42ClN3O6. The summed E-state index contributed by atoms with van der Waals surface area (Å²) in [4.78, 5) is 28.0. The second kappa shape index (κ2) is 15.8. The lowest BCUT2D eigenvalue weighted by Crippen LogP contribution is -2.40. The molecule has 1 amide bonds. The highest BCUT2D eigenvalue weighted by atomic mass is 35.5. The maximum Gasteiger partial charge on any atom is 0.251 e. The second-order valence-electron chi connectivity index (χ2n) is 12.2. The number of rotatable bonds is 16. The van der Waals surface area contributed by atoms with Crippen molar-refractivity contribution in [2.24, 2.45) is 0 Å². The van der Waals surface area contributed by atoms with Gasteiger partial charge in [0.15, 0.2) is 0 Å². The standard InChI is InChI=1S/C37H42ClN3O6/c38-13-3-1-2-4-19-45-21-22-46-20-14-39-36(42)26-7-10-29(37(43)44)32(23-26)35-30-11-8-27(40-15-5-16-40)24-33(30)47-34-25-28(9-12-31(34)35)41-17-6-18-41/h7-12,23-25H,1-6,13-22H2,(H-,39,42,43,44). The maximum absolute atomic E-state index is 13.2. The van der Waals surface area contributed by atoms with Gasteiger partial charge in [-0.2, -0.15) is 0 Å². The summed E-state index contributed by atoms with van der Waals surface area (Å²) in [6, 6.07) is 16.7. The third kappa shape index (κ3) is 7.80. The number of anilines is 1. The number of carboxylic acids is 1. The van der Waals surface area contributed by atoms with E-state index in [4.69, 9.17) is 25.5 Å². The van der Waals surface area contributed by atoms with E-state index in [1.165, 1.54) is 12.1 Å². The van der Waals surface area contributed by atoms with Gasteiger partial charge >= 0.3 is 0 Å². The van der Waals surface area contributed by atoms with Gasteiger partial charge in [0.05, 0.1) is 38.3 Å². The molecule has 0 unspecified atom stereocenters. The van der Waals surface area contributed by atoms with Gasteiger partial charge in [-0.05, 0) is 55.2 Å². The molecule has 47 heavy (non-hydrogen) atoms. The largest absolute Gasteiger partial charge is 0.545 e. The zero-order chi connectivity index (χ0) is 32.6. The Balaban J connectivity index is 1.22. The summed E-state index contributed by atoms with van der Waals surface area (Å²) in [5, 5.41) is 17.2. The minimum absolute atomic E-state index is 0.0105. The molecule has 2 saturated heterocycles. The lowest BCUT2D eigenvalue weighted by atomic mass is 9.89.